The lowest BCUT2D eigenvalue weighted by Gasteiger charge is -2.27. The van der Waals surface area contributed by atoms with Crippen molar-refractivity contribution in [1.82, 2.24) is 0 Å². The van der Waals surface area contributed by atoms with Crippen LogP contribution in [0.3, 0.4) is 0 Å². The number of carboxylic acids is 1. The highest BCUT2D eigenvalue weighted by Crippen LogP contribution is 2.45. The van der Waals surface area contributed by atoms with E-state index >= 15 is 0 Å². The van der Waals surface area contributed by atoms with Gasteiger partial charge in [0.05, 0.1) is 25.4 Å². The summed E-state index contributed by atoms with van der Waals surface area (Å²) in [6.45, 7) is 3.61. The van der Waals surface area contributed by atoms with E-state index in [2.05, 4.69) is 18.7 Å². The molecule has 0 aliphatic carbocycles. The number of ether oxygens (including phenoxy) is 2. The van der Waals surface area contributed by atoms with E-state index in [1.54, 1.807) is 6.08 Å². The summed E-state index contributed by atoms with van der Waals surface area (Å²) in [4.78, 5) is 10.4. The molecule has 0 unspecified atom stereocenters. The highest BCUT2D eigenvalue weighted by Gasteiger charge is 2.48. The van der Waals surface area contributed by atoms with Crippen LogP contribution in [0.25, 0.3) is 0 Å². The quantitative estimate of drug-likeness (QED) is 0.360. The maximum atomic E-state index is 10.4. The molecule has 0 aromatic carbocycles. The molecule has 4 atom stereocenters. The van der Waals surface area contributed by atoms with Crippen molar-refractivity contribution in [3.63, 3.8) is 0 Å². The molecule has 25 heavy (non-hydrogen) atoms. The van der Waals surface area contributed by atoms with Crippen LogP contribution in [0, 0.1) is 11.8 Å². The van der Waals surface area contributed by atoms with Crippen molar-refractivity contribution in [3.05, 3.63) is 12.2 Å². The zero-order chi connectivity index (χ0) is 17.9. The number of unbranched alkanes of at least 4 members (excludes halogenated alkanes) is 3. The Morgan fingerprint density at radius 2 is 2.00 bits per heavy atom. The molecule has 2 fully saturated rings. The fourth-order valence-electron chi connectivity index (χ4n) is 4.01. The third-order valence-corrected chi connectivity index (χ3v) is 6.43. The Labute approximate surface area is 156 Å². The Hall–Kier alpha value is -0.520. The summed E-state index contributed by atoms with van der Waals surface area (Å²) in [5.74, 6) is 2.81. The van der Waals surface area contributed by atoms with Gasteiger partial charge in [-0.25, -0.2) is 4.79 Å². The number of hydrogen-bond donors (Lipinski definition) is 1. The summed E-state index contributed by atoms with van der Waals surface area (Å²) in [6.07, 6.45) is 13.4. The van der Waals surface area contributed by atoms with Gasteiger partial charge in [-0.2, -0.15) is 11.8 Å². The van der Waals surface area contributed by atoms with E-state index in [1.165, 1.54) is 62.5 Å². The Bertz CT molecular complexity index is 413. The lowest BCUT2D eigenvalue weighted by Crippen LogP contribution is -2.31. The molecule has 4 nitrogen and oxygen atoms in total. The molecule has 5 heteroatoms. The van der Waals surface area contributed by atoms with E-state index in [0.717, 1.165) is 6.61 Å². The second-order valence-corrected chi connectivity index (χ2v) is 8.41. The Morgan fingerprint density at radius 1 is 1.20 bits per heavy atom. The van der Waals surface area contributed by atoms with Crippen LogP contribution >= 0.6 is 11.8 Å². The van der Waals surface area contributed by atoms with E-state index in [-0.39, 0.29) is 0 Å². The summed E-state index contributed by atoms with van der Waals surface area (Å²) in [6, 6.07) is 0. The van der Waals surface area contributed by atoms with Crippen molar-refractivity contribution >= 4 is 17.7 Å². The van der Waals surface area contributed by atoms with Crippen molar-refractivity contribution < 1.29 is 19.4 Å². The fourth-order valence-corrected chi connectivity index (χ4v) is 5.06. The van der Waals surface area contributed by atoms with E-state index in [9.17, 15) is 4.79 Å². The zero-order valence-corrected chi connectivity index (χ0v) is 16.3. The predicted molar refractivity (Wildman–Crippen MR) is 103 cm³/mol. The first-order valence-corrected chi connectivity index (χ1v) is 11.1. The third-order valence-electron chi connectivity index (χ3n) is 5.33. The smallest absolute Gasteiger partial charge is 0.327 e. The highest BCUT2D eigenvalue weighted by atomic mass is 32.2. The lowest BCUT2D eigenvalue weighted by molar-refractivity contribution is -0.131. The van der Waals surface area contributed by atoms with Gasteiger partial charge in [0, 0.05) is 12.0 Å². The van der Waals surface area contributed by atoms with Crippen LogP contribution in [0.5, 0.6) is 0 Å². The van der Waals surface area contributed by atoms with Crippen LogP contribution in [0.4, 0.5) is 0 Å². The van der Waals surface area contributed by atoms with Crippen LogP contribution < -0.4 is 0 Å². The molecule has 2 aliphatic rings. The monoisotopic (exact) mass is 370 g/mol. The Kier molecular flexibility index (Phi) is 9.96. The Morgan fingerprint density at radius 3 is 2.76 bits per heavy atom. The first-order valence-electron chi connectivity index (χ1n) is 9.92. The van der Waals surface area contributed by atoms with E-state index < -0.39 is 5.97 Å². The molecule has 0 aromatic rings. The average Bonchev–Trinajstić information content (AvgIpc) is 3.19. The number of thioether (sulfide) groups is 1. The molecule has 0 radical (unpaired) electrons. The summed E-state index contributed by atoms with van der Waals surface area (Å²) in [7, 11) is 0. The first-order chi connectivity index (χ1) is 12.2. The molecular weight excluding hydrogens is 336 g/mol. The molecule has 0 saturated carbocycles. The number of carbonyl (C=O) groups is 1. The molecule has 0 spiro atoms. The van der Waals surface area contributed by atoms with Gasteiger partial charge in [-0.05, 0) is 49.5 Å². The maximum Gasteiger partial charge on any atom is 0.327 e. The van der Waals surface area contributed by atoms with Crippen molar-refractivity contribution in [2.75, 3.05) is 24.7 Å². The van der Waals surface area contributed by atoms with Crippen molar-refractivity contribution in [2.24, 2.45) is 11.8 Å². The molecule has 0 amide bonds. The SMILES string of the molecule is CCCCCCSCC[C@@H]1[C@H](COCC/C=C/C(=O)O)[C@@H]2CC[C@H]1O2. The van der Waals surface area contributed by atoms with E-state index in [4.69, 9.17) is 14.6 Å². The molecule has 0 aromatic heterocycles. The normalized spacial score (nSPS) is 28.2. The van der Waals surface area contributed by atoms with Gasteiger partial charge in [0.25, 0.3) is 0 Å². The Balaban J connectivity index is 1.60. The van der Waals surface area contributed by atoms with Gasteiger partial charge in [0.15, 0.2) is 0 Å². The fraction of sp³-hybridized carbons (Fsp3) is 0.850. The van der Waals surface area contributed by atoms with Crippen LogP contribution in [0.2, 0.25) is 0 Å². The van der Waals surface area contributed by atoms with Crippen LogP contribution in [0.1, 0.15) is 58.3 Å². The van der Waals surface area contributed by atoms with Crippen LogP contribution in [-0.2, 0) is 14.3 Å². The summed E-state index contributed by atoms with van der Waals surface area (Å²) >= 11 is 2.10. The van der Waals surface area contributed by atoms with Gasteiger partial charge in [-0.1, -0.05) is 32.3 Å². The lowest BCUT2D eigenvalue weighted by atomic mass is 9.78. The van der Waals surface area contributed by atoms with Crippen LogP contribution in [-0.4, -0.2) is 48.0 Å². The third kappa shape index (κ3) is 7.32. The topological polar surface area (TPSA) is 55.8 Å². The first kappa shape index (κ1) is 20.8. The molecule has 2 aliphatic heterocycles. The predicted octanol–water partition coefficient (Wildman–Crippen LogP) is 4.53. The van der Waals surface area contributed by atoms with E-state index in [0.29, 0.717) is 37.1 Å². The van der Waals surface area contributed by atoms with E-state index in [1.807, 2.05) is 0 Å². The molecule has 2 bridgehead atoms. The largest absolute Gasteiger partial charge is 0.478 e. The molecule has 144 valence electrons. The number of carboxylic acid groups (broad SMARTS) is 1. The van der Waals surface area contributed by atoms with Crippen molar-refractivity contribution in [1.29, 1.82) is 0 Å². The van der Waals surface area contributed by atoms with Crippen LogP contribution in [0.15, 0.2) is 12.2 Å². The van der Waals surface area contributed by atoms with Gasteiger partial charge in [0.1, 0.15) is 0 Å². The van der Waals surface area contributed by atoms with Crippen molar-refractivity contribution in [3.8, 4) is 0 Å². The van der Waals surface area contributed by atoms with Gasteiger partial charge in [0.2, 0.25) is 0 Å². The average molecular weight is 371 g/mol. The summed E-state index contributed by atoms with van der Waals surface area (Å²) in [5, 5.41) is 8.57. The number of fused-ring (bicyclic) bond motifs is 2. The molecule has 1 N–H and O–H groups in total. The maximum absolute atomic E-state index is 10.4. The summed E-state index contributed by atoms with van der Waals surface area (Å²) < 4.78 is 12.0. The molecule has 2 rings (SSSR count). The van der Waals surface area contributed by atoms with Gasteiger partial charge in [-0.3, -0.25) is 0 Å². The minimum absolute atomic E-state index is 0.388. The second-order valence-electron chi connectivity index (χ2n) is 7.18. The molecule has 2 heterocycles. The van der Waals surface area contributed by atoms with Gasteiger partial charge < -0.3 is 14.6 Å². The second kappa shape index (κ2) is 12.0. The molecule has 2 saturated heterocycles. The van der Waals surface area contributed by atoms with Gasteiger partial charge >= 0.3 is 5.97 Å². The summed E-state index contributed by atoms with van der Waals surface area (Å²) in [5.41, 5.74) is 0. The minimum Gasteiger partial charge on any atom is -0.478 e. The zero-order valence-electron chi connectivity index (χ0n) is 15.5. The number of rotatable bonds is 14. The van der Waals surface area contributed by atoms with Crippen molar-refractivity contribution in [2.45, 2.75) is 70.5 Å². The number of aliphatic carboxylic acids is 1. The van der Waals surface area contributed by atoms with Gasteiger partial charge in [-0.15, -0.1) is 0 Å². The minimum atomic E-state index is -0.895. The molecular formula is C20H34O4S. The highest BCUT2D eigenvalue weighted by molar-refractivity contribution is 7.99. The standard InChI is InChI=1S/C20H34O4S/c1-2-3-4-7-13-25-14-11-16-17(19-10-9-18(16)24-19)15-23-12-6-5-8-20(21)22/h5,8,16-19H,2-4,6-7,9-15H2,1H3,(H,21,22)/b8-5+/t16-,17+,18-,19+/m1/s1. The number of hydrogen-bond acceptors (Lipinski definition) is 4.